The first-order valence-electron chi connectivity index (χ1n) is 9.77. The number of hydrogen-bond acceptors (Lipinski definition) is 6. The predicted octanol–water partition coefficient (Wildman–Crippen LogP) is 4.54. The lowest BCUT2D eigenvalue weighted by Gasteiger charge is -2.13. The first kappa shape index (κ1) is 19.5. The Morgan fingerprint density at radius 3 is 2.59 bits per heavy atom. The summed E-state index contributed by atoms with van der Waals surface area (Å²) < 4.78 is 28.3. The molecule has 152 valence electrons. The van der Waals surface area contributed by atoms with Crippen LogP contribution in [0, 0.1) is 6.92 Å². The van der Waals surface area contributed by atoms with Crippen molar-refractivity contribution in [2.45, 2.75) is 32.7 Å². The summed E-state index contributed by atoms with van der Waals surface area (Å²) in [6.45, 7) is 3.55. The molecule has 0 aliphatic carbocycles. The van der Waals surface area contributed by atoms with Crippen molar-refractivity contribution in [1.82, 2.24) is 4.98 Å². The van der Waals surface area contributed by atoms with Crippen LogP contribution in [0.25, 0.3) is 11.5 Å². The van der Waals surface area contributed by atoms with Gasteiger partial charge in [0.05, 0.1) is 20.3 Å². The van der Waals surface area contributed by atoms with Gasteiger partial charge in [0.15, 0.2) is 17.8 Å². The molecule has 1 fully saturated rings. The molecule has 6 nitrogen and oxygen atoms in total. The van der Waals surface area contributed by atoms with E-state index in [1.165, 1.54) is 0 Å². The van der Waals surface area contributed by atoms with E-state index in [-0.39, 0.29) is 6.29 Å². The third-order valence-electron chi connectivity index (χ3n) is 4.87. The van der Waals surface area contributed by atoms with Gasteiger partial charge in [0, 0.05) is 12.0 Å². The molecule has 6 heteroatoms. The van der Waals surface area contributed by atoms with Crippen LogP contribution in [0.3, 0.4) is 0 Å². The Bertz CT molecular complexity index is 932. The predicted molar refractivity (Wildman–Crippen MR) is 108 cm³/mol. The van der Waals surface area contributed by atoms with Crippen LogP contribution in [0.1, 0.15) is 23.4 Å². The van der Waals surface area contributed by atoms with Gasteiger partial charge in [-0.3, -0.25) is 0 Å². The van der Waals surface area contributed by atoms with Crippen molar-refractivity contribution in [1.29, 1.82) is 0 Å². The van der Waals surface area contributed by atoms with Crippen LogP contribution in [-0.2, 0) is 22.5 Å². The maximum atomic E-state index is 5.98. The highest BCUT2D eigenvalue weighted by Crippen LogP contribution is 2.30. The third kappa shape index (κ3) is 4.78. The van der Waals surface area contributed by atoms with Gasteiger partial charge in [-0.15, -0.1) is 0 Å². The van der Waals surface area contributed by atoms with E-state index in [1.54, 1.807) is 7.11 Å². The normalized spacial score (nSPS) is 14.3. The average molecular weight is 395 g/mol. The van der Waals surface area contributed by atoms with Crippen molar-refractivity contribution in [2.75, 3.05) is 20.3 Å². The van der Waals surface area contributed by atoms with E-state index in [0.29, 0.717) is 37.2 Å². The summed E-state index contributed by atoms with van der Waals surface area (Å²) in [4.78, 5) is 4.58. The van der Waals surface area contributed by atoms with E-state index in [0.717, 1.165) is 35.4 Å². The lowest BCUT2D eigenvalue weighted by molar-refractivity contribution is -0.0462. The molecule has 1 aliphatic rings. The van der Waals surface area contributed by atoms with E-state index in [1.807, 2.05) is 55.5 Å². The van der Waals surface area contributed by atoms with E-state index in [4.69, 9.17) is 23.4 Å². The molecular formula is C23H25NO5. The SMILES string of the molecule is COc1cc(CCC2OCCO2)ccc1OCc1nc(-c2ccccc2)oc1C. The highest BCUT2D eigenvalue weighted by Gasteiger charge is 2.17. The molecule has 0 bridgehead atoms. The van der Waals surface area contributed by atoms with Crippen molar-refractivity contribution in [3.8, 4) is 23.0 Å². The molecule has 0 saturated carbocycles. The number of oxazole rings is 1. The molecule has 0 spiro atoms. The van der Waals surface area contributed by atoms with Gasteiger partial charge in [-0.2, -0.15) is 0 Å². The van der Waals surface area contributed by atoms with Crippen molar-refractivity contribution in [3.63, 3.8) is 0 Å². The fraction of sp³-hybridized carbons (Fsp3) is 0.348. The molecule has 0 N–H and O–H groups in total. The van der Waals surface area contributed by atoms with Crippen LogP contribution >= 0.6 is 0 Å². The van der Waals surface area contributed by atoms with Crippen molar-refractivity contribution in [3.05, 3.63) is 65.5 Å². The van der Waals surface area contributed by atoms with Gasteiger partial charge in [-0.05, 0) is 43.2 Å². The Kier molecular flexibility index (Phi) is 6.12. The zero-order valence-electron chi connectivity index (χ0n) is 16.7. The minimum atomic E-state index is -0.106. The molecule has 0 atom stereocenters. The number of rotatable bonds is 8. The number of ether oxygens (including phenoxy) is 4. The molecule has 1 saturated heterocycles. The summed E-state index contributed by atoms with van der Waals surface area (Å²) >= 11 is 0. The lowest BCUT2D eigenvalue weighted by atomic mass is 10.1. The van der Waals surface area contributed by atoms with Crippen LogP contribution in [0.5, 0.6) is 11.5 Å². The number of aromatic nitrogens is 1. The quantitative estimate of drug-likeness (QED) is 0.558. The van der Waals surface area contributed by atoms with Crippen molar-refractivity contribution >= 4 is 0 Å². The molecule has 0 radical (unpaired) electrons. The maximum Gasteiger partial charge on any atom is 0.226 e. The molecule has 2 aromatic carbocycles. The third-order valence-corrected chi connectivity index (χ3v) is 4.87. The van der Waals surface area contributed by atoms with Crippen molar-refractivity contribution < 1.29 is 23.4 Å². The topological polar surface area (TPSA) is 63.0 Å². The highest BCUT2D eigenvalue weighted by molar-refractivity contribution is 5.53. The zero-order valence-corrected chi connectivity index (χ0v) is 16.7. The molecule has 4 rings (SSSR count). The van der Waals surface area contributed by atoms with Gasteiger partial charge in [0.1, 0.15) is 18.1 Å². The second kappa shape index (κ2) is 9.11. The van der Waals surface area contributed by atoms with Crippen LogP contribution in [0.15, 0.2) is 52.9 Å². The summed E-state index contributed by atoms with van der Waals surface area (Å²) in [6, 6.07) is 15.8. The molecule has 1 aliphatic heterocycles. The van der Waals surface area contributed by atoms with Gasteiger partial charge in [-0.1, -0.05) is 24.3 Å². The van der Waals surface area contributed by atoms with Gasteiger partial charge < -0.3 is 23.4 Å². The highest BCUT2D eigenvalue weighted by atomic mass is 16.7. The number of methoxy groups -OCH3 is 1. The number of benzene rings is 2. The second-order valence-electron chi connectivity index (χ2n) is 6.87. The van der Waals surface area contributed by atoms with Gasteiger partial charge in [0.25, 0.3) is 0 Å². The van der Waals surface area contributed by atoms with E-state index >= 15 is 0 Å². The molecule has 2 heterocycles. The van der Waals surface area contributed by atoms with E-state index in [2.05, 4.69) is 4.98 Å². The van der Waals surface area contributed by atoms with Gasteiger partial charge in [-0.25, -0.2) is 4.98 Å². The summed E-state index contributed by atoms with van der Waals surface area (Å²) in [5.41, 5.74) is 2.86. The number of nitrogens with zero attached hydrogens (tertiary/aromatic N) is 1. The Labute approximate surface area is 170 Å². The molecule has 0 amide bonds. The lowest BCUT2D eigenvalue weighted by Crippen LogP contribution is -2.08. The Morgan fingerprint density at radius 2 is 1.83 bits per heavy atom. The summed E-state index contributed by atoms with van der Waals surface area (Å²) in [5.74, 6) is 2.71. The van der Waals surface area contributed by atoms with Gasteiger partial charge >= 0.3 is 0 Å². The number of hydrogen-bond donors (Lipinski definition) is 0. The summed E-state index contributed by atoms with van der Waals surface area (Å²) in [6.07, 6.45) is 1.57. The average Bonchev–Trinajstić information content (AvgIpc) is 3.41. The standard InChI is InChI=1S/C23H25NO5/c1-16-19(24-23(29-16)18-6-4-3-5-7-18)15-28-20-10-8-17(14-21(20)25-2)9-11-22-26-12-13-27-22/h3-8,10,14,22H,9,11-13,15H2,1-2H3. The number of aryl methyl sites for hydroxylation is 2. The molecule has 29 heavy (non-hydrogen) atoms. The fourth-order valence-electron chi connectivity index (χ4n) is 3.26. The van der Waals surface area contributed by atoms with Crippen LogP contribution < -0.4 is 9.47 Å². The van der Waals surface area contributed by atoms with Crippen molar-refractivity contribution in [2.24, 2.45) is 0 Å². The Hall–Kier alpha value is -2.83. The summed E-state index contributed by atoms with van der Waals surface area (Å²) in [5, 5.41) is 0. The minimum absolute atomic E-state index is 0.106. The van der Waals surface area contributed by atoms with Crippen LogP contribution in [0.2, 0.25) is 0 Å². The van der Waals surface area contributed by atoms with E-state index < -0.39 is 0 Å². The minimum Gasteiger partial charge on any atom is -0.493 e. The molecular weight excluding hydrogens is 370 g/mol. The van der Waals surface area contributed by atoms with E-state index in [9.17, 15) is 0 Å². The summed E-state index contributed by atoms with van der Waals surface area (Å²) in [7, 11) is 1.64. The maximum absolute atomic E-state index is 5.98. The van der Waals surface area contributed by atoms with Crippen LogP contribution in [-0.4, -0.2) is 31.6 Å². The second-order valence-corrected chi connectivity index (χ2v) is 6.87. The smallest absolute Gasteiger partial charge is 0.226 e. The molecule has 0 unspecified atom stereocenters. The zero-order chi connectivity index (χ0) is 20.1. The van der Waals surface area contributed by atoms with Crippen LogP contribution in [0.4, 0.5) is 0 Å². The first-order chi connectivity index (χ1) is 14.2. The monoisotopic (exact) mass is 395 g/mol. The molecule has 1 aromatic heterocycles. The first-order valence-corrected chi connectivity index (χ1v) is 9.77. The van der Waals surface area contributed by atoms with Gasteiger partial charge in [0.2, 0.25) is 5.89 Å². The Morgan fingerprint density at radius 1 is 1.03 bits per heavy atom. The largest absolute Gasteiger partial charge is 0.493 e. The fourth-order valence-corrected chi connectivity index (χ4v) is 3.26. The molecule has 3 aromatic rings. The Balaban J connectivity index is 1.41.